The van der Waals surface area contributed by atoms with Crippen molar-refractivity contribution < 1.29 is 4.79 Å². The van der Waals surface area contributed by atoms with Crippen LogP contribution < -0.4 is 16.6 Å². The highest BCUT2D eigenvalue weighted by atomic mass is 16.2. The van der Waals surface area contributed by atoms with E-state index in [2.05, 4.69) is 38.2 Å². The van der Waals surface area contributed by atoms with Gasteiger partial charge in [0.15, 0.2) is 0 Å². The number of hydrazine groups is 1. The molecule has 0 saturated carbocycles. The lowest BCUT2D eigenvalue weighted by Crippen LogP contribution is -2.40. The molecule has 0 aliphatic rings. The van der Waals surface area contributed by atoms with E-state index in [1.54, 1.807) is 0 Å². The highest BCUT2D eigenvalue weighted by molar-refractivity contribution is 5.72. The fourth-order valence-corrected chi connectivity index (χ4v) is 1.64. The maximum atomic E-state index is 10.9. The molecule has 0 bridgehead atoms. The van der Waals surface area contributed by atoms with E-state index in [0.717, 1.165) is 6.42 Å². The molecule has 1 rings (SSSR count). The van der Waals surface area contributed by atoms with Crippen molar-refractivity contribution >= 4 is 6.03 Å². The molecule has 0 saturated heterocycles. The molecule has 2 amide bonds. The van der Waals surface area contributed by atoms with Crippen molar-refractivity contribution in [1.29, 1.82) is 0 Å². The fourth-order valence-electron chi connectivity index (χ4n) is 1.64. The number of urea groups is 1. The van der Waals surface area contributed by atoms with Gasteiger partial charge in [-0.3, -0.25) is 5.43 Å². The number of amides is 2. The molecule has 0 fully saturated rings. The number of rotatable bonds is 3. The average Bonchev–Trinajstić information content (AvgIpc) is 2.29. The Labute approximate surface area is 96.2 Å². The van der Waals surface area contributed by atoms with E-state index >= 15 is 0 Å². The summed E-state index contributed by atoms with van der Waals surface area (Å²) in [5.74, 6) is 4.96. The van der Waals surface area contributed by atoms with Crippen molar-refractivity contribution in [2.24, 2.45) is 5.84 Å². The van der Waals surface area contributed by atoms with Crippen molar-refractivity contribution in [3.05, 3.63) is 34.4 Å². The van der Waals surface area contributed by atoms with Crippen molar-refractivity contribution in [3.8, 4) is 0 Å². The topological polar surface area (TPSA) is 67.2 Å². The predicted molar refractivity (Wildman–Crippen MR) is 65.1 cm³/mol. The van der Waals surface area contributed by atoms with Gasteiger partial charge in [-0.2, -0.15) is 0 Å². The molecule has 0 heterocycles. The minimum atomic E-state index is -0.346. The highest BCUT2D eigenvalue weighted by Gasteiger charge is 2.04. The molecular weight excluding hydrogens is 202 g/mol. The van der Waals surface area contributed by atoms with Crippen molar-refractivity contribution in [3.63, 3.8) is 0 Å². The van der Waals surface area contributed by atoms with E-state index in [-0.39, 0.29) is 6.03 Å². The molecule has 4 N–H and O–H groups in total. The second-order valence-corrected chi connectivity index (χ2v) is 3.94. The van der Waals surface area contributed by atoms with Crippen LogP contribution >= 0.6 is 0 Å². The Morgan fingerprint density at radius 2 is 1.94 bits per heavy atom. The summed E-state index contributed by atoms with van der Waals surface area (Å²) in [6, 6.07) is 3.88. The first kappa shape index (κ1) is 12.5. The van der Waals surface area contributed by atoms with E-state index in [9.17, 15) is 4.79 Å². The van der Waals surface area contributed by atoms with Crippen LogP contribution in [0.5, 0.6) is 0 Å². The number of hydrogen-bond donors (Lipinski definition) is 3. The third kappa shape index (κ3) is 2.97. The van der Waals surface area contributed by atoms with Gasteiger partial charge in [0.2, 0.25) is 0 Å². The van der Waals surface area contributed by atoms with Crippen LogP contribution in [0.3, 0.4) is 0 Å². The first-order valence-corrected chi connectivity index (χ1v) is 5.36. The first-order chi connectivity index (χ1) is 7.56. The third-order valence-corrected chi connectivity index (χ3v) is 2.98. The molecule has 1 aromatic rings. The minimum Gasteiger partial charge on any atom is -0.337 e. The summed E-state index contributed by atoms with van der Waals surface area (Å²) in [7, 11) is 0. The van der Waals surface area contributed by atoms with Crippen LogP contribution in [0.1, 0.15) is 22.3 Å². The molecule has 0 unspecified atom stereocenters. The molecule has 1 aromatic carbocycles. The van der Waals surface area contributed by atoms with Crippen LogP contribution in [0.4, 0.5) is 4.79 Å². The Balaban J connectivity index is 2.61. The Morgan fingerprint density at radius 3 is 2.56 bits per heavy atom. The lowest BCUT2D eigenvalue weighted by atomic mass is 9.97. The Bertz CT molecular complexity index is 388. The van der Waals surface area contributed by atoms with E-state index in [0.29, 0.717) is 6.54 Å². The number of nitrogens with two attached hydrogens (primary N) is 1. The van der Waals surface area contributed by atoms with E-state index in [4.69, 9.17) is 5.84 Å². The van der Waals surface area contributed by atoms with Crippen molar-refractivity contribution in [1.82, 2.24) is 10.7 Å². The summed E-state index contributed by atoms with van der Waals surface area (Å²) in [6.07, 6.45) is 0.820. The molecule has 0 spiro atoms. The quantitative estimate of drug-likeness (QED) is 0.409. The van der Waals surface area contributed by atoms with E-state index < -0.39 is 0 Å². The molecule has 0 aliphatic carbocycles. The zero-order valence-electron chi connectivity index (χ0n) is 10.1. The van der Waals surface area contributed by atoms with Crippen molar-refractivity contribution in [2.75, 3.05) is 6.54 Å². The highest BCUT2D eigenvalue weighted by Crippen LogP contribution is 2.17. The van der Waals surface area contributed by atoms with Gasteiger partial charge in [-0.05, 0) is 49.4 Å². The number of carbonyl (C=O) groups is 1. The predicted octanol–water partition coefficient (Wildman–Crippen LogP) is 1.33. The van der Waals surface area contributed by atoms with Gasteiger partial charge >= 0.3 is 6.03 Å². The van der Waals surface area contributed by atoms with Gasteiger partial charge in [0.1, 0.15) is 0 Å². The molecule has 0 aliphatic heterocycles. The average molecular weight is 221 g/mol. The first-order valence-electron chi connectivity index (χ1n) is 5.36. The van der Waals surface area contributed by atoms with Crippen LogP contribution in [-0.4, -0.2) is 12.6 Å². The van der Waals surface area contributed by atoms with E-state index in [1.165, 1.54) is 22.3 Å². The summed E-state index contributed by atoms with van der Waals surface area (Å²) >= 11 is 0. The summed E-state index contributed by atoms with van der Waals surface area (Å²) in [5.41, 5.74) is 7.22. The smallest absolute Gasteiger partial charge is 0.328 e. The van der Waals surface area contributed by atoms with Crippen LogP contribution in [0.25, 0.3) is 0 Å². The molecular formula is C12H19N3O. The van der Waals surface area contributed by atoms with Crippen LogP contribution in [0, 0.1) is 20.8 Å². The zero-order valence-corrected chi connectivity index (χ0v) is 10.1. The summed E-state index contributed by atoms with van der Waals surface area (Å²) in [4.78, 5) is 10.9. The van der Waals surface area contributed by atoms with Gasteiger partial charge in [0, 0.05) is 6.54 Å². The Morgan fingerprint density at radius 1 is 1.25 bits per heavy atom. The number of carbonyl (C=O) groups excluding carboxylic acids is 1. The zero-order chi connectivity index (χ0) is 12.1. The maximum Gasteiger partial charge on any atom is 0.328 e. The molecule has 4 heteroatoms. The third-order valence-electron chi connectivity index (χ3n) is 2.98. The lowest BCUT2D eigenvalue weighted by molar-refractivity contribution is 0.241. The fraction of sp³-hybridized carbons (Fsp3) is 0.417. The van der Waals surface area contributed by atoms with Crippen LogP contribution in [0.2, 0.25) is 0 Å². The molecule has 0 atom stereocenters. The SMILES string of the molecule is Cc1ccc(CCNC(=O)NN)c(C)c1C. The monoisotopic (exact) mass is 221 g/mol. The molecule has 0 radical (unpaired) electrons. The maximum absolute atomic E-state index is 10.9. The van der Waals surface area contributed by atoms with Gasteiger partial charge in [-0.1, -0.05) is 12.1 Å². The molecule has 88 valence electrons. The van der Waals surface area contributed by atoms with Gasteiger partial charge in [0.05, 0.1) is 0 Å². The summed E-state index contributed by atoms with van der Waals surface area (Å²) in [5, 5.41) is 2.67. The van der Waals surface area contributed by atoms with Crippen molar-refractivity contribution in [2.45, 2.75) is 27.2 Å². The summed E-state index contributed by atoms with van der Waals surface area (Å²) in [6.45, 7) is 6.92. The lowest BCUT2D eigenvalue weighted by Gasteiger charge is -2.11. The standard InChI is InChI=1S/C12H19N3O/c1-8-4-5-11(10(3)9(8)2)6-7-14-12(16)15-13/h4-5H,6-7,13H2,1-3H3,(H2,14,15,16). The number of hydrogen-bond acceptors (Lipinski definition) is 2. The van der Waals surface area contributed by atoms with Gasteiger partial charge < -0.3 is 5.32 Å². The number of benzene rings is 1. The number of nitrogens with one attached hydrogen (secondary N) is 2. The van der Waals surface area contributed by atoms with Gasteiger partial charge in [-0.25, -0.2) is 10.6 Å². The Hall–Kier alpha value is -1.55. The van der Waals surface area contributed by atoms with Gasteiger partial charge in [0.25, 0.3) is 0 Å². The minimum absolute atomic E-state index is 0.346. The molecule has 16 heavy (non-hydrogen) atoms. The largest absolute Gasteiger partial charge is 0.337 e. The molecule has 0 aromatic heterocycles. The molecule has 4 nitrogen and oxygen atoms in total. The van der Waals surface area contributed by atoms with Gasteiger partial charge in [-0.15, -0.1) is 0 Å². The second-order valence-electron chi connectivity index (χ2n) is 3.94. The summed E-state index contributed by atoms with van der Waals surface area (Å²) < 4.78 is 0. The van der Waals surface area contributed by atoms with Crippen LogP contribution in [0.15, 0.2) is 12.1 Å². The second kappa shape index (κ2) is 5.51. The number of aryl methyl sites for hydroxylation is 1. The van der Waals surface area contributed by atoms with E-state index in [1.807, 2.05) is 5.43 Å². The normalized spacial score (nSPS) is 10.0. The Kier molecular flexibility index (Phi) is 4.31. The van der Waals surface area contributed by atoms with Crippen LogP contribution in [-0.2, 0) is 6.42 Å².